The first-order valence-electron chi connectivity index (χ1n) is 23.0. The van der Waals surface area contributed by atoms with E-state index in [0.717, 1.165) is 17.8 Å². The summed E-state index contributed by atoms with van der Waals surface area (Å²) in [6.45, 7) is 28.4. The lowest BCUT2D eigenvalue weighted by atomic mass is 9.33. The number of anilines is 6. The van der Waals surface area contributed by atoms with Crippen LogP contribution in [0.3, 0.4) is 0 Å². The van der Waals surface area contributed by atoms with E-state index in [4.69, 9.17) is 0 Å². The number of hydrogen-bond donors (Lipinski definition) is 0. The molecule has 0 N–H and O–H groups in total. The molecular formula is C56H67BN2. The van der Waals surface area contributed by atoms with E-state index < -0.39 is 0 Å². The molecule has 59 heavy (non-hydrogen) atoms. The molecule has 5 aromatic rings. The smallest absolute Gasteiger partial charge is 0.252 e. The molecular weight excluding hydrogens is 711 g/mol. The van der Waals surface area contributed by atoms with Crippen molar-refractivity contribution >= 4 is 57.2 Å². The zero-order chi connectivity index (χ0) is 41.6. The molecule has 304 valence electrons. The van der Waals surface area contributed by atoms with Crippen LogP contribution < -0.4 is 26.2 Å². The number of nitrogens with zero attached hydrogens (tertiary/aromatic N) is 2. The molecule has 4 aliphatic carbocycles. The quantitative estimate of drug-likeness (QED) is 0.165. The molecule has 0 unspecified atom stereocenters. The Labute approximate surface area is 356 Å². The van der Waals surface area contributed by atoms with Crippen LogP contribution in [0.2, 0.25) is 0 Å². The maximum absolute atomic E-state index is 2.73. The van der Waals surface area contributed by atoms with E-state index in [1.807, 2.05) is 0 Å². The molecule has 6 aliphatic rings. The molecule has 11 rings (SSSR count). The lowest BCUT2D eigenvalue weighted by molar-refractivity contribution is -0.00514. The topological polar surface area (TPSA) is 6.48 Å². The van der Waals surface area contributed by atoms with Gasteiger partial charge in [-0.05, 0) is 176 Å². The fourth-order valence-electron chi connectivity index (χ4n) is 12.5. The Morgan fingerprint density at radius 1 is 0.441 bits per heavy atom. The minimum Gasteiger partial charge on any atom is -0.311 e. The van der Waals surface area contributed by atoms with Gasteiger partial charge in [0, 0.05) is 34.1 Å². The summed E-state index contributed by atoms with van der Waals surface area (Å²) < 4.78 is 0. The van der Waals surface area contributed by atoms with Crippen molar-refractivity contribution in [2.75, 3.05) is 9.80 Å². The number of benzene rings is 5. The van der Waals surface area contributed by atoms with Crippen LogP contribution in [0.15, 0.2) is 97.1 Å². The summed E-state index contributed by atoms with van der Waals surface area (Å²) in [7, 11) is 0. The maximum Gasteiger partial charge on any atom is 0.252 e. The first-order chi connectivity index (χ1) is 27.7. The summed E-state index contributed by atoms with van der Waals surface area (Å²) in [5.74, 6) is 2.60. The van der Waals surface area contributed by atoms with Crippen molar-refractivity contribution in [2.45, 2.75) is 149 Å². The van der Waals surface area contributed by atoms with E-state index in [2.05, 4.69) is 190 Å². The molecule has 0 radical (unpaired) electrons. The Hall–Kier alpha value is -4.24. The van der Waals surface area contributed by atoms with Crippen molar-refractivity contribution in [3.8, 4) is 0 Å². The van der Waals surface area contributed by atoms with Crippen LogP contribution in [-0.4, -0.2) is 6.71 Å². The van der Waals surface area contributed by atoms with Gasteiger partial charge in [-0.15, -0.1) is 0 Å². The van der Waals surface area contributed by atoms with Gasteiger partial charge in [-0.25, -0.2) is 0 Å². The number of hydrogen-bond acceptors (Lipinski definition) is 2. The van der Waals surface area contributed by atoms with E-state index in [1.54, 1.807) is 5.56 Å². The van der Waals surface area contributed by atoms with E-state index in [1.165, 1.54) is 111 Å². The Morgan fingerprint density at radius 2 is 0.814 bits per heavy atom. The fourth-order valence-corrected chi connectivity index (χ4v) is 12.5. The summed E-state index contributed by atoms with van der Waals surface area (Å²) in [4.78, 5) is 5.41. The molecule has 0 saturated heterocycles. The van der Waals surface area contributed by atoms with Crippen molar-refractivity contribution in [2.24, 2.45) is 17.8 Å². The third kappa shape index (κ3) is 6.34. The minimum atomic E-state index is 0.0153. The molecule has 4 fully saturated rings. The zero-order valence-electron chi connectivity index (χ0n) is 38.2. The lowest BCUT2D eigenvalue weighted by Crippen LogP contribution is -2.61. The number of rotatable bonds is 3. The summed E-state index contributed by atoms with van der Waals surface area (Å²) in [5.41, 5.74) is 19.7. The Bertz CT molecular complexity index is 2310. The molecule has 2 nitrogen and oxygen atoms in total. The van der Waals surface area contributed by atoms with Gasteiger partial charge < -0.3 is 9.80 Å². The normalized spacial score (nSPS) is 23.3. The zero-order valence-corrected chi connectivity index (χ0v) is 38.2. The van der Waals surface area contributed by atoms with Gasteiger partial charge in [0.1, 0.15) is 0 Å². The molecule has 5 aromatic carbocycles. The molecule has 0 atom stereocenters. The predicted octanol–water partition coefficient (Wildman–Crippen LogP) is 13.4. The van der Waals surface area contributed by atoms with Gasteiger partial charge in [0.05, 0.1) is 0 Å². The van der Waals surface area contributed by atoms with Gasteiger partial charge in [0.2, 0.25) is 0 Å². The van der Waals surface area contributed by atoms with Crippen molar-refractivity contribution in [3.05, 3.63) is 125 Å². The highest BCUT2D eigenvalue weighted by Gasteiger charge is 2.53. The van der Waals surface area contributed by atoms with Crippen LogP contribution in [0.5, 0.6) is 0 Å². The third-order valence-electron chi connectivity index (χ3n) is 15.4. The Morgan fingerprint density at radius 3 is 1.19 bits per heavy atom. The average Bonchev–Trinajstić information content (AvgIpc) is 3.15. The van der Waals surface area contributed by atoms with Crippen LogP contribution in [-0.2, 0) is 27.1 Å². The van der Waals surface area contributed by atoms with Crippen LogP contribution in [0.25, 0.3) is 0 Å². The Balaban J connectivity index is 1.33. The molecule has 3 heteroatoms. The molecule has 2 aliphatic heterocycles. The van der Waals surface area contributed by atoms with Crippen LogP contribution in [0.4, 0.5) is 34.1 Å². The lowest BCUT2D eigenvalue weighted by Gasteiger charge is -2.57. The molecule has 2 heterocycles. The summed E-state index contributed by atoms with van der Waals surface area (Å²) in [5, 5.41) is 0. The van der Waals surface area contributed by atoms with Crippen molar-refractivity contribution in [1.82, 2.24) is 0 Å². The van der Waals surface area contributed by atoms with Gasteiger partial charge in [-0.2, -0.15) is 0 Å². The molecule has 0 spiro atoms. The molecule has 0 aromatic heterocycles. The van der Waals surface area contributed by atoms with Crippen molar-refractivity contribution in [3.63, 3.8) is 0 Å². The maximum atomic E-state index is 2.73. The SMILES string of the molecule is CC(C)(C)c1cccc(N2c3cc(C(C)(C)C)ccc3B3c4ccc(C(C)(C)C)cc4N(c4cccc(C(C)(C)C)c4)c4cc(C56CC7CC(CC(C7)C5)C6)cc2c43)c1. The first-order valence-corrected chi connectivity index (χ1v) is 23.0. The fraction of sp³-hybridized carbons (Fsp3) is 0.464. The summed E-state index contributed by atoms with van der Waals surface area (Å²) in [6.07, 6.45) is 8.37. The van der Waals surface area contributed by atoms with Crippen LogP contribution >= 0.6 is 0 Å². The van der Waals surface area contributed by atoms with E-state index >= 15 is 0 Å². The highest BCUT2D eigenvalue weighted by molar-refractivity contribution is 7.00. The van der Waals surface area contributed by atoms with Gasteiger partial charge in [-0.3, -0.25) is 0 Å². The summed E-state index contributed by atoms with van der Waals surface area (Å²) >= 11 is 0. The average molecular weight is 779 g/mol. The van der Waals surface area contributed by atoms with Crippen LogP contribution in [0, 0.1) is 17.8 Å². The second-order valence-electron chi connectivity index (χ2n) is 23.9. The molecule has 0 amide bonds. The largest absolute Gasteiger partial charge is 0.311 e. The first kappa shape index (κ1) is 38.9. The number of fused-ring (bicyclic) bond motifs is 4. The highest BCUT2D eigenvalue weighted by atomic mass is 15.2. The molecule has 4 saturated carbocycles. The van der Waals surface area contributed by atoms with Gasteiger partial charge >= 0.3 is 0 Å². The second-order valence-corrected chi connectivity index (χ2v) is 23.9. The third-order valence-corrected chi connectivity index (χ3v) is 15.4. The standard InChI is InChI=1S/C56H67BN2/c1-52(2,3)38-15-13-17-43(26-38)58-47-28-40(54(7,8)9)19-21-45(47)57-46-22-20-41(55(10,11)12)29-48(46)59(44-18-14-16-39(27-44)53(4,5)6)50-31-42(30-49(58)51(50)57)56-32-35-23-36(33-56)25-37(24-35)34-56/h13-22,26-31,35-37H,23-25,32-34H2,1-12H3. The highest BCUT2D eigenvalue weighted by Crippen LogP contribution is 2.62. The second kappa shape index (κ2) is 12.9. The van der Waals surface area contributed by atoms with Gasteiger partial charge in [0.15, 0.2) is 0 Å². The Kier molecular flexibility index (Phi) is 8.51. The van der Waals surface area contributed by atoms with Crippen LogP contribution in [0.1, 0.15) is 149 Å². The van der Waals surface area contributed by atoms with Crippen molar-refractivity contribution in [1.29, 1.82) is 0 Å². The van der Waals surface area contributed by atoms with Gasteiger partial charge in [-0.1, -0.05) is 132 Å². The monoisotopic (exact) mass is 779 g/mol. The van der Waals surface area contributed by atoms with Crippen molar-refractivity contribution < 1.29 is 0 Å². The van der Waals surface area contributed by atoms with E-state index in [0.29, 0.717) is 0 Å². The van der Waals surface area contributed by atoms with E-state index in [-0.39, 0.29) is 33.8 Å². The minimum absolute atomic E-state index is 0.0153. The predicted molar refractivity (Wildman–Crippen MR) is 255 cm³/mol. The molecule has 4 bridgehead atoms. The van der Waals surface area contributed by atoms with Gasteiger partial charge in [0.25, 0.3) is 6.71 Å². The van der Waals surface area contributed by atoms with E-state index in [9.17, 15) is 0 Å². The summed E-state index contributed by atoms with van der Waals surface area (Å²) in [6, 6.07) is 39.4.